The van der Waals surface area contributed by atoms with E-state index in [4.69, 9.17) is 5.11 Å². The van der Waals surface area contributed by atoms with Crippen LogP contribution in [0, 0.1) is 0 Å². The predicted octanol–water partition coefficient (Wildman–Crippen LogP) is 1.91. The first kappa shape index (κ1) is 12.9. The summed E-state index contributed by atoms with van der Waals surface area (Å²) in [6.45, 7) is 0.974. The Balaban J connectivity index is 2.14. The van der Waals surface area contributed by atoms with Crippen molar-refractivity contribution in [2.45, 2.75) is 5.16 Å². The van der Waals surface area contributed by atoms with Gasteiger partial charge in [0.1, 0.15) is 0 Å². The minimum absolute atomic E-state index is 0.274. The van der Waals surface area contributed by atoms with Crippen molar-refractivity contribution in [3.63, 3.8) is 0 Å². The van der Waals surface area contributed by atoms with E-state index < -0.39 is 5.97 Å². The van der Waals surface area contributed by atoms with Crippen LogP contribution in [0.3, 0.4) is 0 Å². The van der Waals surface area contributed by atoms with E-state index >= 15 is 0 Å². The first-order valence-electron chi connectivity index (χ1n) is 5.57. The molecule has 96 valence electrons. The molecular formula is C12H15N3O2S. The van der Waals surface area contributed by atoms with Gasteiger partial charge in [0.15, 0.2) is 5.16 Å². The van der Waals surface area contributed by atoms with Gasteiger partial charge in [-0.1, -0.05) is 11.8 Å². The number of H-pyrrole nitrogens is 1. The summed E-state index contributed by atoms with van der Waals surface area (Å²) in [5.41, 5.74) is 1.84. The number of imidazole rings is 1. The summed E-state index contributed by atoms with van der Waals surface area (Å²) in [6.07, 6.45) is 0. The molecular weight excluding hydrogens is 250 g/mol. The molecule has 1 heterocycles. The summed E-state index contributed by atoms with van der Waals surface area (Å²) in [6, 6.07) is 4.91. The summed E-state index contributed by atoms with van der Waals surface area (Å²) in [5, 5.41) is 9.74. The van der Waals surface area contributed by atoms with Gasteiger partial charge in [0, 0.05) is 12.3 Å². The molecule has 1 aromatic carbocycles. The average molecular weight is 265 g/mol. The Morgan fingerprint density at radius 2 is 2.28 bits per heavy atom. The van der Waals surface area contributed by atoms with E-state index in [-0.39, 0.29) is 5.56 Å². The van der Waals surface area contributed by atoms with Crippen LogP contribution in [0.1, 0.15) is 10.4 Å². The minimum atomic E-state index is -0.923. The van der Waals surface area contributed by atoms with Crippen molar-refractivity contribution in [3.05, 3.63) is 23.8 Å². The van der Waals surface area contributed by atoms with E-state index in [1.54, 1.807) is 30.0 Å². The second-order valence-electron chi connectivity index (χ2n) is 4.23. The first-order valence-corrected chi connectivity index (χ1v) is 6.55. The molecule has 18 heavy (non-hydrogen) atoms. The quantitative estimate of drug-likeness (QED) is 0.808. The number of aromatic nitrogens is 2. The molecule has 0 radical (unpaired) electrons. The second kappa shape index (κ2) is 5.41. The first-order chi connectivity index (χ1) is 8.56. The lowest BCUT2D eigenvalue weighted by Gasteiger charge is -2.06. The zero-order valence-electron chi connectivity index (χ0n) is 10.3. The highest BCUT2D eigenvalue weighted by molar-refractivity contribution is 7.99. The van der Waals surface area contributed by atoms with Crippen molar-refractivity contribution in [1.82, 2.24) is 14.9 Å². The number of hydrogen-bond acceptors (Lipinski definition) is 4. The highest BCUT2D eigenvalue weighted by atomic mass is 32.2. The SMILES string of the molecule is CN(C)CCSc1nc2ccc(C(=O)O)cc2[nH]1. The Labute approximate surface area is 109 Å². The summed E-state index contributed by atoms with van der Waals surface area (Å²) in [4.78, 5) is 20.5. The minimum Gasteiger partial charge on any atom is -0.478 e. The number of nitrogens with one attached hydrogen (secondary N) is 1. The molecule has 0 amide bonds. The molecule has 0 spiro atoms. The van der Waals surface area contributed by atoms with E-state index in [0.29, 0.717) is 0 Å². The number of aromatic amines is 1. The van der Waals surface area contributed by atoms with Gasteiger partial charge in [-0.05, 0) is 32.3 Å². The van der Waals surface area contributed by atoms with E-state index in [2.05, 4.69) is 14.9 Å². The number of fused-ring (bicyclic) bond motifs is 1. The molecule has 2 rings (SSSR count). The highest BCUT2D eigenvalue weighted by Gasteiger charge is 2.07. The maximum atomic E-state index is 10.9. The highest BCUT2D eigenvalue weighted by Crippen LogP contribution is 2.20. The number of carboxylic acid groups (broad SMARTS) is 1. The molecule has 2 aromatic rings. The van der Waals surface area contributed by atoms with Crippen LogP contribution < -0.4 is 0 Å². The lowest BCUT2D eigenvalue weighted by Crippen LogP contribution is -2.14. The molecule has 5 nitrogen and oxygen atoms in total. The molecule has 0 saturated heterocycles. The largest absolute Gasteiger partial charge is 0.478 e. The zero-order chi connectivity index (χ0) is 13.1. The Kier molecular flexibility index (Phi) is 3.88. The Morgan fingerprint density at radius 1 is 1.50 bits per heavy atom. The van der Waals surface area contributed by atoms with E-state index in [9.17, 15) is 4.79 Å². The fraction of sp³-hybridized carbons (Fsp3) is 0.333. The standard InChI is InChI=1S/C12H15N3O2S/c1-15(2)5-6-18-12-13-9-4-3-8(11(16)17)7-10(9)14-12/h3-4,7H,5-6H2,1-2H3,(H,13,14)(H,16,17). The number of benzene rings is 1. The van der Waals surface area contributed by atoms with Crippen LogP contribution in [-0.4, -0.2) is 52.3 Å². The monoisotopic (exact) mass is 265 g/mol. The zero-order valence-corrected chi connectivity index (χ0v) is 11.1. The third kappa shape index (κ3) is 3.02. The van der Waals surface area contributed by atoms with Gasteiger partial charge in [-0.2, -0.15) is 0 Å². The van der Waals surface area contributed by atoms with Gasteiger partial charge in [0.25, 0.3) is 0 Å². The van der Waals surface area contributed by atoms with Crippen LogP contribution >= 0.6 is 11.8 Å². The van der Waals surface area contributed by atoms with Gasteiger partial charge in [-0.3, -0.25) is 0 Å². The van der Waals surface area contributed by atoms with Crippen molar-refractivity contribution >= 4 is 28.8 Å². The summed E-state index contributed by atoms with van der Waals surface area (Å²) in [5.74, 6) is 0.0202. The molecule has 0 fully saturated rings. The molecule has 0 aliphatic carbocycles. The Hall–Kier alpha value is -1.53. The summed E-state index contributed by atoms with van der Waals surface area (Å²) in [7, 11) is 4.05. The van der Waals surface area contributed by atoms with Crippen molar-refractivity contribution in [3.8, 4) is 0 Å². The molecule has 0 saturated carbocycles. The van der Waals surface area contributed by atoms with Crippen LogP contribution in [-0.2, 0) is 0 Å². The van der Waals surface area contributed by atoms with Gasteiger partial charge in [0.2, 0.25) is 0 Å². The number of aromatic carboxylic acids is 1. The molecule has 0 atom stereocenters. The lowest BCUT2D eigenvalue weighted by molar-refractivity contribution is 0.0697. The lowest BCUT2D eigenvalue weighted by atomic mass is 10.2. The smallest absolute Gasteiger partial charge is 0.335 e. The summed E-state index contributed by atoms with van der Waals surface area (Å²) >= 11 is 1.63. The van der Waals surface area contributed by atoms with Crippen LogP contribution in [0.2, 0.25) is 0 Å². The maximum Gasteiger partial charge on any atom is 0.335 e. The fourth-order valence-corrected chi connectivity index (χ4v) is 2.51. The number of rotatable bonds is 5. The van der Waals surface area contributed by atoms with E-state index in [0.717, 1.165) is 28.5 Å². The van der Waals surface area contributed by atoms with Crippen molar-refractivity contribution in [1.29, 1.82) is 0 Å². The van der Waals surface area contributed by atoms with Crippen LogP contribution in [0.15, 0.2) is 23.4 Å². The fourth-order valence-electron chi connectivity index (χ4n) is 1.51. The van der Waals surface area contributed by atoms with E-state index in [1.165, 1.54) is 0 Å². The van der Waals surface area contributed by atoms with Crippen LogP contribution in [0.5, 0.6) is 0 Å². The molecule has 0 unspecified atom stereocenters. The van der Waals surface area contributed by atoms with E-state index in [1.807, 2.05) is 14.1 Å². The van der Waals surface area contributed by atoms with Crippen LogP contribution in [0.4, 0.5) is 0 Å². The van der Waals surface area contributed by atoms with Crippen molar-refractivity contribution in [2.24, 2.45) is 0 Å². The number of thioether (sulfide) groups is 1. The molecule has 6 heteroatoms. The Morgan fingerprint density at radius 3 is 2.94 bits per heavy atom. The number of hydrogen-bond donors (Lipinski definition) is 2. The summed E-state index contributed by atoms with van der Waals surface area (Å²) < 4.78 is 0. The molecule has 0 bridgehead atoms. The van der Waals surface area contributed by atoms with Crippen LogP contribution in [0.25, 0.3) is 11.0 Å². The average Bonchev–Trinajstić information content (AvgIpc) is 2.69. The van der Waals surface area contributed by atoms with Gasteiger partial charge in [-0.25, -0.2) is 9.78 Å². The topological polar surface area (TPSA) is 69.2 Å². The number of nitrogens with zero attached hydrogens (tertiary/aromatic N) is 2. The normalized spacial score (nSPS) is 11.3. The van der Waals surface area contributed by atoms with Gasteiger partial charge in [-0.15, -0.1) is 0 Å². The molecule has 2 N–H and O–H groups in total. The Bertz CT molecular complexity index is 565. The van der Waals surface area contributed by atoms with Gasteiger partial charge >= 0.3 is 5.97 Å². The van der Waals surface area contributed by atoms with Gasteiger partial charge < -0.3 is 15.0 Å². The maximum absolute atomic E-state index is 10.9. The molecule has 1 aromatic heterocycles. The third-order valence-electron chi connectivity index (χ3n) is 2.48. The second-order valence-corrected chi connectivity index (χ2v) is 5.31. The predicted molar refractivity (Wildman–Crippen MR) is 72.3 cm³/mol. The number of carbonyl (C=O) groups is 1. The molecule has 0 aliphatic rings. The van der Waals surface area contributed by atoms with Crippen molar-refractivity contribution in [2.75, 3.05) is 26.4 Å². The van der Waals surface area contributed by atoms with Crippen molar-refractivity contribution < 1.29 is 9.90 Å². The third-order valence-corrected chi connectivity index (χ3v) is 3.34. The van der Waals surface area contributed by atoms with Gasteiger partial charge in [0.05, 0.1) is 16.6 Å². The molecule has 0 aliphatic heterocycles. The number of carboxylic acids is 1.